The molecule has 2 N–H and O–H groups in total. The molecule has 0 heterocycles. The van der Waals surface area contributed by atoms with Crippen LogP contribution >= 0.6 is 0 Å². The van der Waals surface area contributed by atoms with Crippen LogP contribution in [0.15, 0.2) is 11.6 Å². The normalized spacial score (nSPS) is 56.2. The second kappa shape index (κ2) is 6.66. The topological polar surface area (TPSA) is 40.5 Å². The molecule has 2 nitrogen and oxygen atoms in total. The van der Waals surface area contributed by atoms with Gasteiger partial charge in [-0.3, -0.25) is 0 Å². The summed E-state index contributed by atoms with van der Waals surface area (Å²) in [5, 5.41) is 22.8. The van der Waals surface area contributed by atoms with Gasteiger partial charge in [-0.15, -0.1) is 0 Å². The monoisotopic (exact) mass is 442 g/mol. The largest absolute Gasteiger partial charge is 0.393 e. The van der Waals surface area contributed by atoms with Crippen LogP contribution in [0.25, 0.3) is 0 Å². The molecule has 0 aromatic heterocycles. The van der Waals surface area contributed by atoms with Gasteiger partial charge in [-0.2, -0.15) is 0 Å². The molecule has 0 bridgehead atoms. The van der Waals surface area contributed by atoms with Crippen molar-refractivity contribution in [1.29, 1.82) is 0 Å². The molecule has 4 fully saturated rings. The van der Waals surface area contributed by atoms with Crippen LogP contribution < -0.4 is 0 Å². The van der Waals surface area contributed by atoms with Gasteiger partial charge in [-0.25, -0.2) is 0 Å². The lowest BCUT2D eigenvalue weighted by Crippen LogP contribution is -2.67. The Balaban J connectivity index is 1.62. The number of aliphatic hydroxyl groups excluding tert-OH is 2. The van der Waals surface area contributed by atoms with E-state index in [1.165, 1.54) is 44.9 Å². The van der Waals surface area contributed by atoms with Crippen molar-refractivity contribution in [3.8, 4) is 0 Å². The summed E-state index contributed by atoms with van der Waals surface area (Å²) in [6.45, 7) is 19.7. The zero-order valence-corrected chi connectivity index (χ0v) is 22.2. The van der Waals surface area contributed by atoms with E-state index >= 15 is 0 Å². The van der Waals surface area contributed by atoms with E-state index in [9.17, 15) is 10.2 Å². The van der Waals surface area contributed by atoms with Crippen molar-refractivity contribution in [2.75, 3.05) is 0 Å². The summed E-state index contributed by atoms with van der Waals surface area (Å²) in [7, 11) is 0. The third kappa shape index (κ3) is 2.78. The molecular formula is C30H50O2. The molecule has 2 heteroatoms. The molecule has 9 atom stereocenters. The van der Waals surface area contributed by atoms with Crippen molar-refractivity contribution in [3.63, 3.8) is 0 Å². The van der Waals surface area contributed by atoms with Crippen LogP contribution in [0.2, 0.25) is 0 Å². The van der Waals surface area contributed by atoms with Gasteiger partial charge in [0, 0.05) is 5.92 Å². The van der Waals surface area contributed by atoms with Gasteiger partial charge in [0.25, 0.3) is 0 Å². The second-order valence-corrected chi connectivity index (χ2v) is 15.4. The smallest absolute Gasteiger partial charge is 0.0762 e. The van der Waals surface area contributed by atoms with Crippen molar-refractivity contribution in [2.24, 2.45) is 50.2 Å². The Kier molecular flexibility index (Phi) is 4.87. The van der Waals surface area contributed by atoms with E-state index in [4.69, 9.17) is 0 Å². The van der Waals surface area contributed by atoms with Gasteiger partial charge < -0.3 is 10.2 Å². The van der Waals surface area contributed by atoms with Crippen LogP contribution in [0, 0.1) is 50.2 Å². The summed E-state index contributed by atoms with van der Waals surface area (Å²) >= 11 is 0. The van der Waals surface area contributed by atoms with E-state index < -0.39 is 0 Å². The summed E-state index contributed by atoms with van der Waals surface area (Å²) in [4.78, 5) is 0. The van der Waals surface area contributed by atoms with E-state index in [1.54, 1.807) is 5.57 Å². The first-order valence-corrected chi connectivity index (χ1v) is 13.7. The summed E-state index contributed by atoms with van der Waals surface area (Å²) in [6.07, 6.45) is 12.7. The fourth-order valence-corrected chi connectivity index (χ4v) is 10.6. The molecule has 0 aromatic carbocycles. The fraction of sp³-hybridized carbons (Fsp3) is 0.933. The average Bonchev–Trinajstić information content (AvgIpc) is 2.68. The first-order valence-electron chi connectivity index (χ1n) is 13.7. The Morgan fingerprint density at radius 2 is 1.44 bits per heavy atom. The van der Waals surface area contributed by atoms with Gasteiger partial charge in [-0.05, 0) is 102 Å². The SMILES string of the molecule is CC1(C)CC[C@]2(C)CC[C@]3(C)C(=C[C@@H](O)[C@@H]4[C@@]5(C)CC[C@H](O)C(C)(C)[C@H]5CC[C@]43C)[C@H]2C1. The number of hydrogen-bond acceptors (Lipinski definition) is 2. The van der Waals surface area contributed by atoms with Crippen LogP contribution in [-0.2, 0) is 0 Å². The lowest BCUT2D eigenvalue weighted by molar-refractivity contribution is -0.224. The Hall–Kier alpha value is -0.340. The maximum Gasteiger partial charge on any atom is 0.0762 e. The van der Waals surface area contributed by atoms with Crippen LogP contribution in [0.4, 0.5) is 0 Å². The van der Waals surface area contributed by atoms with E-state index in [0.717, 1.165) is 12.8 Å². The molecule has 0 radical (unpaired) electrons. The van der Waals surface area contributed by atoms with E-state index in [1.807, 2.05) is 0 Å². The number of fused-ring (bicyclic) bond motifs is 7. The van der Waals surface area contributed by atoms with Crippen LogP contribution in [0.1, 0.15) is 113 Å². The summed E-state index contributed by atoms with van der Waals surface area (Å²) < 4.78 is 0. The minimum Gasteiger partial charge on any atom is -0.393 e. The molecule has 0 aromatic rings. The summed E-state index contributed by atoms with van der Waals surface area (Å²) in [6, 6.07) is 0. The minimum absolute atomic E-state index is 0.0719. The average molecular weight is 443 g/mol. The number of allylic oxidation sites excluding steroid dienone is 1. The molecule has 32 heavy (non-hydrogen) atoms. The highest BCUT2D eigenvalue weighted by Gasteiger charge is 2.69. The van der Waals surface area contributed by atoms with E-state index in [2.05, 4.69) is 61.5 Å². The number of rotatable bonds is 0. The molecule has 4 saturated carbocycles. The Labute approximate surface area is 197 Å². The van der Waals surface area contributed by atoms with Gasteiger partial charge >= 0.3 is 0 Å². The van der Waals surface area contributed by atoms with Crippen molar-refractivity contribution in [2.45, 2.75) is 125 Å². The lowest BCUT2D eigenvalue weighted by atomic mass is 9.33. The first-order chi connectivity index (χ1) is 14.6. The van der Waals surface area contributed by atoms with Crippen molar-refractivity contribution >= 4 is 0 Å². The summed E-state index contributed by atoms with van der Waals surface area (Å²) in [5.74, 6) is 1.38. The zero-order valence-electron chi connectivity index (χ0n) is 22.2. The lowest BCUT2D eigenvalue weighted by Gasteiger charge is -2.72. The predicted octanol–water partition coefficient (Wildman–Crippen LogP) is 7.14. The van der Waals surface area contributed by atoms with Crippen molar-refractivity contribution < 1.29 is 10.2 Å². The highest BCUT2D eigenvalue weighted by atomic mass is 16.3. The highest BCUT2D eigenvalue weighted by Crippen LogP contribution is 2.75. The second-order valence-electron chi connectivity index (χ2n) is 15.4. The third-order valence-electron chi connectivity index (χ3n) is 13.0. The Morgan fingerprint density at radius 1 is 0.781 bits per heavy atom. The van der Waals surface area contributed by atoms with Crippen molar-refractivity contribution in [3.05, 3.63) is 11.6 Å². The first kappa shape index (κ1) is 23.4. The molecule has 182 valence electrons. The van der Waals surface area contributed by atoms with Crippen molar-refractivity contribution in [1.82, 2.24) is 0 Å². The highest BCUT2D eigenvalue weighted by molar-refractivity contribution is 5.35. The molecule has 5 aliphatic carbocycles. The fourth-order valence-electron chi connectivity index (χ4n) is 10.6. The van der Waals surface area contributed by atoms with E-state index in [0.29, 0.717) is 22.7 Å². The molecular weight excluding hydrogens is 392 g/mol. The maximum absolute atomic E-state index is 11.9. The molecule has 0 spiro atoms. The van der Waals surface area contributed by atoms with Gasteiger partial charge in [0.05, 0.1) is 12.2 Å². The number of hydrogen-bond donors (Lipinski definition) is 2. The molecule has 5 aliphatic rings. The van der Waals surface area contributed by atoms with Gasteiger partial charge in [0.15, 0.2) is 0 Å². The molecule has 0 saturated heterocycles. The quantitative estimate of drug-likeness (QED) is 0.391. The van der Waals surface area contributed by atoms with Crippen LogP contribution in [0.5, 0.6) is 0 Å². The predicted molar refractivity (Wildman–Crippen MR) is 132 cm³/mol. The number of aliphatic hydroxyl groups is 2. The Morgan fingerprint density at radius 3 is 2.12 bits per heavy atom. The Bertz CT molecular complexity index is 825. The van der Waals surface area contributed by atoms with Gasteiger partial charge in [-0.1, -0.05) is 67.0 Å². The van der Waals surface area contributed by atoms with E-state index in [-0.39, 0.29) is 39.8 Å². The molecule has 5 rings (SSSR count). The van der Waals surface area contributed by atoms with Crippen LogP contribution in [-0.4, -0.2) is 22.4 Å². The molecule has 0 amide bonds. The molecule has 0 unspecified atom stereocenters. The third-order valence-corrected chi connectivity index (χ3v) is 13.0. The van der Waals surface area contributed by atoms with Gasteiger partial charge in [0.2, 0.25) is 0 Å². The molecule has 0 aliphatic heterocycles. The van der Waals surface area contributed by atoms with Crippen LogP contribution in [0.3, 0.4) is 0 Å². The van der Waals surface area contributed by atoms with Gasteiger partial charge in [0.1, 0.15) is 0 Å². The summed E-state index contributed by atoms with van der Waals surface area (Å²) in [5.41, 5.74) is 2.76. The standard InChI is InChI=1S/C30H50O2/c1-25(2)13-14-27(5)15-16-29(7)19(20(27)18-25)17-21(31)24-28(6)11-10-23(32)26(3,4)22(28)9-12-30(24,29)8/h17,20-24,31-32H,9-16,18H2,1-8H3/t20-,21-,22-,23+,24-,27-,28+,29-,30-/m1/s1. The maximum atomic E-state index is 11.9. The zero-order chi connectivity index (χ0) is 23.5. The minimum atomic E-state index is -0.352.